The summed E-state index contributed by atoms with van der Waals surface area (Å²) < 4.78 is 22.3. The first kappa shape index (κ1) is 14.4. The number of hydrogen-bond acceptors (Lipinski definition) is 4. The normalized spacial score (nSPS) is 14.3. The van der Waals surface area contributed by atoms with Crippen LogP contribution in [0.1, 0.15) is 26.3 Å². The maximum Gasteiger partial charge on any atom is 0.266 e. The molecule has 22 heavy (non-hydrogen) atoms. The molecule has 0 radical (unpaired) electrons. The molecule has 1 aliphatic rings. The second-order valence-electron chi connectivity index (χ2n) is 4.97. The summed E-state index contributed by atoms with van der Waals surface area (Å²) >= 11 is 0. The Labute approximate surface area is 127 Å². The summed E-state index contributed by atoms with van der Waals surface area (Å²) in [7, 11) is -3.69. The average Bonchev–Trinajstić information content (AvgIpc) is 2.70. The summed E-state index contributed by atoms with van der Waals surface area (Å²) in [5.41, 5.74) is 1.41. The highest BCUT2D eigenvalue weighted by Gasteiger charge is 2.36. The van der Waals surface area contributed by atoms with E-state index < -0.39 is 21.8 Å². The van der Waals surface area contributed by atoms with E-state index in [4.69, 9.17) is 5.14 Å². The van der Waals surface area contributed by atoms with Crippen molar-refractivity contribution in [3.8, 4) is 0 Å². The van der Waals surface area contributed by atoms with E-state index in [0.717, 1.165) is 4.90 Å². The Morgan fingerprint density at radius 3 is 2.05 bits per heavy atom. The number of rotatable bonds is 3. The lowest BCUT2D eigenvalue weighted by Gasteiger charge is -2.14. The maximum atomic E-state index is 12.4. The largest absolute Gasteiger partial charge is 0.268 e. The Balaban J connectivity index is 2.01. The fourth-order valence-electron chi connectivity index (χ4n) is 2.44. The maximum absolute atomic E-state index is 12.4. The van der Waals surface area contributed by atoms with Crippen molar-refractivity contribution in [1.82, 2.24) is 0 Å². The van der Waals surface area contributed by atoms with Gasteiger partial charge in [-0.25, -0.2) is 18.5 Å². The van der Waals surface area contributed by atoms with Crippen molar-refractivity contribution < 1.29 is 18.0 Å². The zero-order valence-corrected chi connectivity index (χ0v) is 12.2. The number of anilines is 1. The number of fused-ring (bicyclic) bond motifs is 1. The van der Waals surface area contributed by atoms with Gasteiger partial charge in [-0.1, -0.05) is 24.3 Å². The van der Waals surface area contributed by atoms with Gasteiger partial charge in [-0.15, -0.1) is 0 Å². The highest BCUT2D eigenvalue weighted by Crippen LogP contribution is 2.28. The molecule has 0 aliphatic carbocycles. The number of nitrogens with two attached hydrogens (primary N) is 1. The van der Waals surface area contributed by atoms with Crippen molar-refractivity contribution in [3.63, 3.8) is 0 Å². The molecular formula is C15H12N2O4S. The summed E-state index contributed by atoms with van der Waals surface area (Å²) in [6.45, 7) is 0. The summed E-state index contributed by atoms with van der Waals surface area (Å²) in [5, 5.41) is 5.02. The first-order valence-corrected chi connectivity index (χ1v) is 8.15. The number of amides is 2. The van der Waals surface area contributed by atoms with Crippen molar-refractivity contribution in [3.05, 3.63) is 65.2 Å². The molecule has 112 valence electrons. The molecule has 0 spiro atoms. The van der Waals surface area contributed by atoms with Crippen LogP contribution in [0.3, 0.4) is 0 Å². The zero-order chi connectivity index (χ0) is 15.9. The molecule has 0 saturated heterocycles. The summed E-state index contributed by atoms with van der Waals surface area (Å²) in [6, 6.07) is 12.8. The number of carbonyl (C=O) groups excluding carboxylic acids is 2. The van der Waals surface area contributed by atoms with Crippen LogP contribution in [0.5, 0.6) is 0 Å². The predicted octanol–water partition coefficient (Wildman–Crippen LogP) is 1.28. The van der Waals surface area contributed by atoms with Gasteiger partial charge in [0, 0.05) is 0 Å². The van der Waals surface area contributed by atoms with Gasteiger partial charge in [-0.05, 0) is 29.8 Å². The highest BCUT2D eigenvalue weighted by atomic mass is 32.2. The molecule has 0 atom stereocenters. The minimum Gasteiger partial charge on any atom is -0.268 e. The molecule has 2 N–H and O–H groups in total. The molecule has 0 unspecified atom stereocenters. The van der Waals surface area contributed by atoms with Crippen LogP contribution in [0.25, 0.3) is 0 Å². The fourth-order valence-corrected chi connectivity index (χ4v) is 3.09. The van der Waals surface area contributed by atoms with E-state index in [1.54, 1.807) is 42.5 Å². The van der Waals surface area contributed by atoms with Gasteiger partial charge in [-0.2, -0.15) is 0 Å². The second-order valence-corrected chi connectivity index (χ2v) is 6.58. The van der Waals surface area contributed by atoms with Gasteiger partial charge in [0.2, 0.25) is 10.0 Å². The zero-order valence-electron chi connectivity index (χ0n) is 11.4. The van der Waals surface area contributed by atoms with Crippen molar-refractivity contribution in [2.75, 3.05) is 4.90 Å². The van der Waals surface area contributed by atoms with Gasteiger partial charge in [0.15, 0.2) is 0 Å². The van der Waals surface area contributed by atoms with Crippen LogP contribution in [0, 0.1) is 0 Å². The smallest absolute Gasteiger partial charge is 0.266 e. The third kappa shape index (κ3) is 2.51. The van der Waals surface area contributed by atoms with Crippen molar-refractivity contribution in [2.24, 2.45) is 5.14 Å². The quantitative estimate of drug-likeness (QED) is 0.862. The first-order chi connectivity index (χ1) is 10.4. The Hall–Kier alpha value is -2.51. The lowest BCUT2D eigenvalue weighted by molar-refractivity contribution is 0.0926. The molecule has 3 rings (SSSR count). The topological polar surface area (TPSA) is 97.5 Å². The van der Waals surface area contributed by atoms with Gasteiger partial charge in [0.05, 0.1) is 22.6 Å². The van der Waals surface area contributed by atoms with Gasteiger partial charge in [-0.3, -0.25) is 9.59 Å². The number of hydrogen-bond donors (Lipinski definition) is 1. The number of imide groups is 1. The van der Waals surface area contributed by atoms with E-state index in [-0.39, 0.29) is 5.75 Å². The molecule has 1 aliphatic heterocycles. The highest BCUT2D eigenvalue weighted by molar-refractivity contribution is 7.88. The fraction of sp³-hybridized carbons (Fsp3) is 0.0667. The third-order valence-electron chi connectivity index (χ3n) is 3.33. The molecule has 0 aromatic heterocycles. The molecule has 1 heterocycles. The molecular weight excluding hydrogens is 304 g/mol. The average molecular weight is 316 g/mol. The van der Waals surface area contributed by atoms with Gasteiger partial charge >= 0.3 is 0 Å². The summed E-state index contributed by atoms with van der Waals surface area (Å²) in [4.78, 5) is 25.8. The van der Waals surface area contributed by atoms with Crippen LogP contribution in [0.15, 0.2) is 48.5 Å². The van der Waals surface area contributed by atoms with E-state index in [1.165, 1.54) is 6.07 Å². The number of sulfonamides is 1. The Morgan fingerprint density at radius 2 is 1.50 bits per heavy atom. The van der Waals surface area contributed by atoms with Crippen LogP contribution in [-0.2, 0) is 15.8 Å². The monoisotopic (exact) mass is 316 g/mol. The minimum atomic E-state index is -3.69. The van der Waals surface area contributed by atoms with E-state index in [9.17, 15) is 18.0 Å². The van der Waals surface area contributed by atoms with E-state index >= 15 is 0 Å². The van der Waals surface area contributed by atoms with Crippen LogP contribution in [-0.4, -0.2) is 20.2 Å². The van der Waals surface area contributed by atoms with Crippen LogP contribution in [0.2, 0.25) is 0 Å². The van der Waals surface area contributed by atoms with E-state index in [2.05, 4.69) is 0 Å². The molecule has 2 aromatic carbocycles. The van der Waals surface area contributed by atoms with E-state index in [1.807, 2.05) is 0 Å². The number of primary sulfonamides is 1. The minimum absolute atomic E-state index is 0.326. The molecule has 0 saturated carbocycles. The number of nitrogens with zero attached hydrogens (tertiary/aromatic N) is 1. The van der Waals surface area contributed by atoms with Crippen LogP contribution >= 0.6 is 0 Å². The van der Waals surface area contributed by atoms with Crippen molar-refractivity contribution in [1.29, 1.82) is 0 Å². The Bertz CT molecular complexity index is 855. The molecule has 2 amide bonds. The van der Waals surface area contributed by atoms with Crippen LogP contribution in [0.4, 0.5) is 5.69 Å². The summed E-state index contributed by atoms with van der Waals surface area (Å²) in [6.07, 6.45) is 0. The number of carbonyl (C=O) groups is 2. The van der Waals surface area contributed by atoms with Crippen molar-refractivity contribution >= 4 is 27.5 Å². The van der Waals surface area contributed by atoms with Crippen LogP contribution < -0.4 is 10.0 Å². The molecule has 7 heteroatoms. The Morgan fingerprint density at radius 1 is 0.909 bits per heavy atom. The third-order valence-corrected chi connectivity index (χ3v) is 4.07. The second kappa shape index (κ2) is 5.04. The van der Waals surface area contributed by atoms with Gasteiger partial charge in [0.25, 0.3) is 11.8 Å². The summed E-state index contributed by atoms with van der Waals surface area (Å²) in [5.74, 6) is -1.20. The molecule has 6 nitrogen and oxygen atoms in total. The Kier molecular flexibility index (Phi) is 3.31. The SMILES string of the molecule is NS(=O)(=O)Cc1cccc(N2C(=O)c3ccccc3C2=O)c1. The molecule has 0 bridgehead atoms. The lowest BCUT2D eigenvalue weighted by atomic mass is 10.1. The standard InChI is InChI=1S/C15H12N2O4S/c16-22(20,21)9-10-4-3-5-11(8-10)17-14(18)12-6-1-2-7-13(12)15(17)19/h1-8H,9H2,(H2,16,20,21). The number of benzene rings is 2. The first-order valence-electron chi connectivity index (χ1n) is 6.44. The lowest BCUT2D eigenvalue weighted by Crippen LogP contribution is -2.29. The van der Waals surface area contributed by atoms with Gasteiger partial charge < -0.3 is 0 Å². The predicted molar refractivity (Wildman–Crippen MR) is 80.8 cm³/mol. The molecule has 2 aromatic rings. The van der Waals surface area contributed by atoms with Gasteiger partial charge in [0.1, 0.15) is 0 Å². The van der Waals surface area contributed by atoms with E-state index in [0.29, 0.717) is 22.4 Å². The van der Waals surface area contributed by atoms with Crippen molar-refractivity contribution in [2.45, 2.75) is 5.75 Å². The molecule has 0 fully saturated rings.